The van der Waals surface area contributed by atoms with Crippen molar-refractivity contribution < 1.29 is 9.53 Å². The van der Waals surface area contributed by atoms with E-state index in [0.717, 1.165) is 28.1 Å². The highest BCUT2D eigenvalue weighted by atomic mass is 32.2. The highest BCUT2D eigenvalue weighted by Gasteiger charge is 2.19. The van der Waals surface area contributed by atoms with Gasteiger partial charge in [-0.15, -0.1) is 10.2 Å². The molecule has 0 atom stereocenters. The fourth-order valence-electron chi connectivity index (χ4n) is 3.36. The maximum Gasteiger partial charge on any atom is 0.234 e. The number of nitrogens with one attached hydrogen (secondary N) is 1. The maximum atomic E-state index is 12.7. The molecule has 0 spiro atoms. The lowest BCUT2D eigenvalue weighted by Gasteiger charge is -2.14. The largest absolute Gasteiger partial charge is 0.495 e. The summed E-state index contributed by atoms with van der Waals surface area (Å²) in [5.74, 6) is 1.49. The van der Waals surface area contributed by atoms with Gasteiger partial charge in [-0.05, 0) is 43.2 Å². The highest BCUT2D eigenvalue weighted by molar-refractivity contribution is 7.99. The van der Waals surface area contributed by atoms with Crippen LogP contribution in [0.2, 0.25) is 0 Å². The molecule has 4 rings (SSSR count). The smallest absolute Gasteiger partial charge is 0.234 e. The third kappa shape index (κ3) is 4.68. The predicted molar refractivity (Wildman–Crippen MR) is 129 cm³/mol. The molecule has 32 heavy (non-hydrogen) atoms. The Morgan fingerprint density at radius 2 is 1.75 bits per heavy atom. The second kappa shape index (κ2) is 9.70. The Balaban J connectivity index is 1.63. The van der Waals surface area contributed by atoms with Gasteiger partial charge in [-0.3, -0.25) is 9.36 Å². The molecule has 0 fully saturated rings. The van der Waals surface area contributed by atoms with Crippen LogP contribution in [0.1, 0.15) is 11.1 Å². The first-order chi connectivity index (χ1) is 15.6. The molecule has 3 aromatic carbocycles. The van der Waals surface area contributed by atoms with E-state index >= 15 is 0 Å². The standard InChI is InChI=1S/C25H24N4O2S/c1-17-13-14-18(2)20(15-17)26-23(30)16-32-25-28-27-24(19-9-5-4-6-10-19)29(25)21-11-7-8-12-22(21)31-3/h4-15H,16H2,1-3H3,(H,26,30). The number of carbonyl (C=O) groups is 1. The van der Waals surface area contributed by atoms with Gasteiger partial charge in [0.25, 0.3) is 0 Å². The number of methoxy groups -OCH3 is 1. The van der Waals surface area contributed by atoms with Gasteiger partial charge in [0, 0.05) is 11.3 Å². The average Bonchev–Trinajstić information content (AvgIpc) is 3.24. The van der Waals surface area contributed by atoms with Gasteiger partial charge in [-0.25, -0.2) is 0 Å². The van der Waals surface area contributed by atoms with Crippen molar-refractivity contribution in [1.29, 1.82) is 0 Å². The van der Waals surface area contributed by atoms with Crippen LogP contribution in [0.5, 0.6) is 5.75 Å². The molecule has 162 valence electrons. The number of aryl methyl sites for hydroxylation is 2. The van der Waals surface area contributed by atoms with Crippen molar-refractivity contribution in [2.45, 2.75) is 19.0 Å². The van der Waals surface area contributed by atoms with E-state index in [2.05, 4.69) is 15.5 Å². The lowest BCUT2D eigenvalue weighted by Crippen LogP contribution is -2.15. The third-order valence-electron chi connectivity index (χ3n) is 4.99. The molecule has 1 heterocycles. The molecule has 1 N–H and O–H groups in total. The number of hydrogen-bond donors (Lipinski definition) is 1. The van der Waals surface area contributed by atoms with E-state index in [-0.39, 0.29) is 11.7 Å². The van der Waals surface area contributed by atoms with Crippen molar-refractivity contribution in [2.24, 2.45) is 0 Å². The summed E-state index contributed by atoms with van der Waals surface area (Å²) in [4.78, 5) is 12.7. The van der Waals surface area contributed by atoms with Crippen LogP contribution in [0.15, 0.2) is 78.0 Å². The number of nitrogens with zero attached hydrogens (tertiary/aromatic N) is 3. The number of thioether (sulfide) groups is 1. The molecule has 1 amide bonds. The summed E-state index contributed by atoms with van der Waals surface area (Å²) < 4.78 is 7.51. The first-order valence-electron chi connectivity index (χ1n) is 10.2. The molecule has 0 radical (unpaired) electrons. The van der Waals surface area contributed by atoms with Crippen molar-refractivity contribution in [3.63, 3.8) is 0 Å². The molecule has 4 aromatic rings. The first-order valence-corrected chi connectivity index (χ1v) is 11.2. The fraction of sp³-hybridized carbons (Fsp3) is 0.160. The predicted octanol–water partition coefficient (Wildman–Crippen LogP) is 5.29. The van der Waals surface area contributed by atoms with Gasteiger partial charge in [0.05, 0.1) is 18.6 Å². The van der Waals surface area contributed by atoms with Gasteiger partial charge in [-0.1, -0.05) is 66.4 Å². The van der Waals surface area contributed by atoms with Gasteiger partial charge in [0.1, 0.15) is 5.75 Å². The van der Waals surface area contributed by atoms with E-state index < -0.39 is 0 Å². The molecule has 0 bridgehead atoms. The molecular weight excluding hydrogens is 420 g/mol. The Kier molecular flexibility index (Phi) is 6.56. The normalized spacial score (nSPS) is 10.7. The summed E-state index contributed by atoms with van der Waals surface area (Å²) in [5.41, 5.74) is 4.69. The number of hydrogen-bond acceptors (Lipinski definition) is 5. The molecule has 0 aliphatic rings. The van der Waals surface area contributed by atoms with Gasteiger partial charge >= 0.3 is 0 Å². The zero-order valence-corrected chi connectivity index (χ0v) is 19.0. The Labute approximate surface area is 191 Å². The number of aromatic nitrogens is 3. The number of carbonyl (C=O) groups excluding carboxylic acids is 1. The van der Waals surface area contributed by atoms with Crippen LogP contribution in [0.3, 0.4) is 0 Å². The van der Waals surface area contributed by atoms with Crippen LogP contribution in [0, 0.1) is 13.8 Å². The van der Waals surface area contributed by atoms with E-state index in [0.29, 0.717) is 16.7 Å². The van der Waals surface area contributed by atoms with Crippen LogP contribution >= 0.6 is 11.8 Å². The van der Waals surface area contributed by atoms with E-state index in [9.17, 15) is 4.79 Å². The number of amides is 1. The Hall–Kier alpha value is -3.58. The minimum atomic E-state index is -0.0977. The fourth-order valence-corrected chi connectivity index (χ4v) is 4.10. The van der Waals surface area contributed by atoms with E-state index in [4.69, 9.17) is 4.74 Å². The molecule has 0 saturated heterocycles. The van der Waals surface area contributed by atoms with Crippen LogP contribution in [0.25, 0.3) is 17.1 Å². The van der Waals surface area contributed by atoms with E-state index in [1.165, 1.54) is 11.8 Å². The summed E-state index contributed by atoms with van der Waals surface area (Å²) >= 11 is 1.34. The molecular formula is C25H24N4O2S. The highest BCUT2D eigenvalue weighted by Crippen LogP contribution is 2.32. The molecule has 0 aliphatic carbocycles. The van der Waals surface area contributed by atoms with Crippen LogP contribution < -0.4 is 10.1 Å². The average molecular weight is 445 g/mol. The summed E-state index contributed by atoms with van der Waals surface area (Å²) in [7, 11) is 1.63. The lowest BCUT2D eigenvalue weighted by atomic mass is 10.1. The van der Waals surface area contributed by atoms with Crippen LogP contribution in [-0.4, -0.2) is 33.5 Å². The van der Waals surface area contributed by atoms with Crippen LogP contribution in [-0.2, 0) is 4.79 Å². The summed E-state index contributed by atoms with van der Waals surface area (Å²) in [6, 6.07) is 23.6. The molecule has 0 saturated carbocycles. The van der Waals surface area contributed by atoms with Gasteiger partial charge in [0.2, 0.25) is 5.91 Å². The van der Waals surface area contributed by atoms with Crippen molar-refractivity contribution in [3.8, 4) is 22.8 Å². The zero-order valence-electron chi connectivity index (χ0n) is 18.2. The van der Waals surface area contributed by atoms with Crippen molar-refractivity contribution in [1.82, 2.24) is 14.8 Å². The summed E-state index contributed by atoms with van der Waals surface area (Å²) in [6.07, 6.45) is 0. The molecule has 0 unspecified atom stereocenters. The summed E-state index contributed by atoms with van der Waals surface area (Å²) in [6.45, 7) is 3.98. The topological polar surface area (TPSA) is 69.0 Å². The number of rotatable bonds is 7. The van der Waals surface area contributed by atoms with Crippen molar-refractivity contribution >= 4 is 23.4 Å². The van der Waals surface area contributed by atoms with E-state index in [1.807, 2.05) is 91.2 Å². The molecule has 7 heteroatoms. The minimum absolute atomic E-state index is 0.0977. The Bertz CT molecular complexity index is 1240. The molecule has 6 nitrogen and oxygen atoms in total. The zero-order chi connectivity index (χ0) is 22.5. The number of ether oxygens (including phenoxy) is 1. The number of anilines is 1. The second-order valence-electron chi connectivity index (χ2n) is 7.33. The van der Waals surface area contributed by atoms with E-state index in [1.54, 1.807) is 7.11 Å². The number of benzene rings is 3. The Morgan fingerprint density at radius 3 is 2.53 bits per heavy atom. The SMILES string of the molecule is COc1ccccc1-n1c(SCC(=O)Nc2cc(C)ccc2C)nnc1-c1ccccc1. The first kappa shape index (κ1) is 21.6. The lowest BCUT2D eigenvalue weighted by molar-refractivity contribution is -0.113. The third-order valence-corrected chi connectivity index (χ3v) is 5.92. The van der Waals surface area contributed by atoms with Gasteiger partial charge in [-0.2, -0.15) is 0 Å². The van der Waals surface area contributed by atoms with Crippen molar-refractivity contribution in [2.75, 3.05) is 18.2 Å². The minimum Gasteiger partial charge on any atom is -0.495 e. The summed E-state index contributed by atoms with van der Waals surface area (Å²) in [5, 5.41) is 12.4. The quantitative estimate of drug-likeness (QED) is 0.392. The number of para-hydroxylation sites is 2. The van der Waals surface area contributed by atoms with Gasteiger partial charge in [0.15, 0.2) is 11.0 Å². The van der Waals surface area contributed by atoms with Crippen molar-refractivity contribution in [3.05, 3.63) is 83.9 Å². The van der Waals surface area contributed by atoms with Crippen LogP contribution in [0.4, 0.5) is 5.69 Å². The van der Waals surface area contributed by atoms with Gasteiger partial charge < -0.3 is 10.1 Å². The monoisotopic (exact) mass is 444 g/mol. The Morgan fingerprint density at radius 1 is 1.00 bits per heavy atom. The molecule has 0 aliphatic heterocycles. The second-order valence-corrected chi connectivity index (χ2v) is 8.28. The molecule has 1 aromatic heterocycles. The maximum absolute atomic E-state index is 12.7.